The molecule has 0 bridgehead atoms. The number of carbonyl (C=O) groups is 1. The first-order valence-corrected chi connectivity index (χ1v) is 9.59. The number of ether oxygens (including phenoxy) is 2. The van der Waals surface area contributed by atoms with Crippen molar-refractivity contribution in [1.29, 1.82) is 0 Å². The molecule has 0 unspecified atom stereocenters. The van der Waals surface area contributed by atoms with Crippen molar-refractivity contribution in [1.82, 2.24) is 9.55 Å². The van der Waals surface area contributed by atoms with Crippen LogP contribution in [0.5, 0.6) is 5.75 Å². The van der Waals surface area contributed by atoms with Gasteiger partial charge in [-0.2, -0.15) is 13.2 Å². The average Bonchev–Trinajstić information content (AvgIpc) is 3.12. The SMILES string of the molecule is C=C(/C=C\n1c(C(F)(F)F)cnc1-c1ccc(OC(F)(F)F)cc1)OCCCCCC(=O)O. The van der Waals surface area contributed by atoms with E-state index in [0.717, 1.165) is 35.0 Å². The first-order chi connectivity index (χ1) is 15.4. The van der Waals surface area contributed by atoms with Crippen LogP contribution in [-0.4, -0.2) is 33.6 Å². The molecule has 0 aliphatic rings. The van der Waals surface area contributed by atoms with E-state index >= 15 is 0 Å². The van der Waals surface area contributed by atoms with E-state index in [0.29, 0.717) is 25.5 Å². The summed E-state index contributed by atoms with van der Waals surface area (Å²) in [5.41, 5.74) is -0.986. The highest BCUT2D eigenvalue weighted by Gasteiger charge is 2.36. The number of aromatic nitrogens is 2. The van der Waals surface area contributed by atoms with Crippen LogP contribution >= 0.6 is 0 Å². The number of hydrogen-bond acceptors (Lipinski definition) is 4. The van der Waals surface area contributed by atoms with Crippen molar-refractivity contribution in [3.63, 3.8) is 0 Å². The number of aliphatic carboxylic acids is 1. The number of imidazole rings is 1. The van der Waals surface area contributed by atoms with Gasteiger partial charge in [-0.25, -0.2) is 4.98 Å². The fourth-order valence-corrected chi connectivity index (χ4v) is 2.70. The number of allylic oxidation sites excluding steroid dienone is 1. The summed E-state index contributed by atoms with van der Waals surface area (Å²) in [6.45, 7) is 3.80. The van der Waals surface area contributed by atoms with Crippen molar-refractivity contribution in [2.75, 3.05) is 6.61 Å². The summed E-state index contributed by atoms with van der Waals surface area (Å²) in [6.07, 6.45) is -5.17. The van der Waals surface area contributed by atoms with E-state index in [9.17, 15) is 31.1 Å². The summed E-state index contributed by atoms with van der Waals surface area (Å²) in [6, 6.07) is 4.23. The molecule has 0 radical (unpaired) electrons. The first kappa shape index (κ1) is 25.8. The van der Waals surface area contributed by atoms with Crippen LogP contribution in [-0.2, 0) is 15.7 Å². The van der Waals surface area contributed by atoms with Crippen LogP contribution in [0.15, 0.2) is 48.9 Å². The van der Waals surface area contributed by atoms with Gasteiger partial charge in [-0.05, 0) is 49.6 Å². The van der Waals surface area contributed by atoms with E-state index in [2.05, 4.69) is 16.3 Å². The summed E-state index contributed by atoms with van der Waals surface area (Å²) >= 11 is 0. The highest BCUT2D eigenvalue weighted by atomic mass is 19.4. The molecule has 33 heavy (non-hydrogen) atoms. The molecule has 0 atom stereocenters. The van der Waals surface area contributed by atoms with Crippen molar-refractivity contribution in [2.45, 2.75) is 38.2 Å². The molecular weight excluding hydrogens is 458 g/mol. The molecule has 0 spiro atoms. The Morgan fingerprint density at radius 2 is 1.76 bits per heavy atom. The predicted octanol–water partition coefficient (Wildman–Crippen LogP) is 6.11. The van der Waals surface area contributed by atoms with Gasteiger partial charge in [-0.3, -0.25) is 9.36 Å². The third-order valence-electron chi connectivity index (χ3n) is 4.17. The zero-order chi connectivity index (χ0) is 24.6. The number of rotatable bonds is 11. The van der Waals surface area contributed by atoms with Crippen LogP contribution in [0.25, 0.3) is 17.6 Å². The first-order valence-electron chi connectivity index (χ1n) is 9.59. The highest BCUT2D eigenvalue weighted by molar-refractivity contribution is 5.66. The van der Waals surface area contributed by atoms with Gasteiger partial charge in [0.2, 0.25) is 0 Å². The van der Waals surface area contributed by atoms with Gasteiger partial charge >= 0.3 is 18.5 Å². The number of nitrogens with zero attached hydrogens (tertiary/aromatic N) is 2. The third kappa shape index (κ3) is 8.54. The molecule has 1 heterocycles. The van der Waals surface area contributed by atoms with Crippen LogP contribution in [0.4, 0.5) is 26.3 Å². The van der Waals surface area contributed by atoms with Crippen LogP contribution in [0, 0.1) is 0 Å². The summed E-state index contributed by atoms with van der Waals surface area (Å²) in [5.74, 6) is -1.53. The summed E-state index contributed by atoms with van der Waals surface area (Å²) in [5, 5.41) is 8.57. The molecule has 1 aromatic heterocycles. The topological polar surface area (TPSA) is 73.6 Å². The van der Waals surface area contributed by atoms with E-state index in [1.54, 1.807) is 0 Å². The Morgan fingerprint density at radius 3 is 2.33 bits per heavy atom. The molecule has 2 rings (SSSR count). The number of carboxylic acids is 1. The zero-order valence-electron chi connectivity index (χ0n) is 17.1. The molecule has 1 N–H and O–H groups in total. The van der Waals surface area contributed by atoms with E-state index in [4.69, 9.17) is 9.84 Å². The third-order valence-corrected chi connectivity index (χ3v) is 4.17. The Balaban J connectivity index is 2.13. The molecular formula is C21H20F6N2O4. The molecule has 12 heteroatoms. The second-order valence-electron chi connectivity index (χ2n) is 6.74. The molecule has 0 aliphatic carbocycles. The summed E-state index contributed by atoms with van der Waals surface area (Å²) in [4.78, 5) is 14.2. The van der Waals surface area contributed by atoms with Gasteiger partial charge in [0.05, 0.1) is 12.8 Å². The number of benzene rings is 1. The Labute approximate surface area is 184 Å². The molecule has 0 aliphatic heterocycles. The molecule has 2 aromatic rings. The minimum atomic E-state index is -4.90. The summed E-state index contributed by atoms with van der Waals surface area (Å²) < 4.78 is 86.9. The quantitative estimate of drug-likeness (QED) is 0.183. The normalized spacial score (nSPS) is 12.2. The lowest BCUT2D eigenvalue weighted by Crippen LogP contribution is -2.17. The lowest BCUT2D eigenvalue weighted by Gasteiger charge is -2.12. The van der Waals surface area contributed by atoms with Gasteiger partial charge in [0.1, 0.15) is 23.0 Å². The minimum Gasteiger partial charge on any atom is -0.494 e. The Bertz CT molecular complexity index is 978. The van der Waals surface area contributed by atoms with Crippen molar-refractivity contribution in [3.8, 4) is 17.1 Å². The highest BCUT2D eigenvalue weighted by Crippen LogP contribution is 2.33. The van der Waals surface area contributed by atoms with Gasteiger partial charge in [0.25, 0.3) is 0 Å². The molecule has 0 amide bonds. The Morgan fingerprint density at radius 1 is 1.09 bits per heavy atom. The molecule has 180 valence electrons. The van der Waals surface area contributed by atoms with E-state index in [1.165, 1.54) is 6.08 Å². The van der Waals surface area contributed by atoms with Gasteiger partial charge < -0.3 is 14.6 Å². The van der Waals surface area contributed by atoms with Gasteiger partial charge in [0.15, 0.2) is 0 Å². The lowest BCUT2D eigenvalue weighted by atomic mass is 10.2. The van der Waals surface area contributed by atoms with Gasteiger partial charge in [-0.1, -0.05) is 6.58 Å². The second-order valence-corrected chi connectivity index (χ2v) is 6.74. The second kappa shape index (κ2) is 10.9. The maximum Gasteiger partial charge on any atom is 0.573 e. The van der Waals surface area contributed by atoms with E-state index < -0.39 is 30.0 Å². The number of halogens is 6. The average molecular weight is 478 g/mol. The number of alkyl halides is 6. The fraction of sp³-hybridized carbons (Fsp3) is 0.333. The Kier molecular flexibility index (Phi) is 8.55. The molecule has 1 aromatic carbocycles. The molecule has 0 fully saturated rings. The predicted molar refractivity (Wildman–Crippen MR) is 106 cm³/mol. The maximum absolute atomic E-state index is 13.4. The van der Waals surface area contributed by atoms with Crippen molar-refractivity contribution in [2.24, 2.45) is 0 Å². The number of hydrogen-bond donors (Lipinski definition) is 1. The smallest absolute Gasteiger partial charge is 0.494 e. The maximum atomic E-state index is 13.4. The van der Waals surface area contributed by atoms with Gasteiger partial charge in [-0.15, -0.1) is 13.2 Å². The molecule has 6 nitrogen and oxygen atoms in total. The Hall–Kier alpha value is -3.44. The fourth-order valence-electron chi connectivity index (χ4n) is 2.70. The summed E-state index contributed by atoms with van der Waals surface area (Å²) in [7, 11) is 0. The zero-order valence-corrected chi connectivity index (χ0v) is 17.1. The largest absolute Gasteiger partial charge is 0.573 e. The van der Waals surface area contributed by atoms with Crippen molar-refractivity contribution < 1.29 is 45.7 Å². The van der Waals surface area contributed by atoms with Crippen LogP contribution in [0.3, 0.4) is 0 Å². The minimum absolute atomic E-state index is 0.0355. The van der Waals surface area contributed by atoms with Crippen LogP contribution in [0.2, 0.25) is 0 Å². The molecule has 0 saturated heterocycles. The van der Waals surface area contributed by atoms with E-state index in [-0.39, 0.29) is 30.2 Å². The van der Waals surface area contributed by atoms with Crippen molar-refractivity contribution >= 4 is 12.2 Å². The van der Waals surface area contributed by atoms with E-state index in [1.807, 2.05) is 0 Å². The lowest BCUT2D eigenvalue weighted by molar-refractivity contribution is -0.274. The number of unbranched alkanes of at least 4 members (excludes halogenated alkanes) is 2. The van der Waals surface area contributed by atoms with Crippen molar-refractivity contribution in [3.05, 3.63) is 54.6 Å². The monoisotopic (exact) mass is 478 g/mol. The standard InChI is InChI=1S/C21H20F6N2O4/c1-14(32-12-4-2-3-5-18(30)31)10-11-29-17(20(22,23)24)13-28-19(29)15-6-8-16(9-7-15)33-21(25,26)27/h6-11,13H,1-5,12H2,(H,30,31)/b11-10-. The van der Waals surface area contributed by atoms with Gasteiger partial charge in [0, 0.05) is 18.2 Å². The number of carboxylic acid groups (broad SMARTS) is 1. The molecule has 0 saturated carbocycles. The van der Waals surface area contributed by atoms with Crippen LogP contribution < -0.4 is 4.74 Å². The van der Waals surface area contributed by atoms with Crippen LogP contribution in [0.1, 0.15) is 31.4 Å².